The number of aliphatic hydroxyl groups excluding tert-OH is 1. The van der Waals surface area contributed by atoms with Gasteiger partial charge in [0.15, 0.2) is 0 Å². The van der Waals surface area contributed by atoms with Crippen molar-refractivity contribution in [2.75, 3.05) is 12.3 Å². The Morgan fingerprint density at radius 1 is 1.26 bits per heavy atom. The van der Waals surface area contributed by atoms with E-state index in [1.54, 1.807) is 24.3 Å². The molecule has 1 aliphatic carbocycles. The first kappa shape index (κ1) is 14.3. The zero-order chi connectivity index (χ0) is 13.9. The van der Waals surface area contributed by atoms with Crippen molar-refractivity contribution in [2.45, 2.75) is 31.1 Å². The summed E-state index contributed by atoms with van der Waals surface area (Å²) < 4.78 is 26.5. The van der Waals surface area contributed by atoms with Gasteiger partial charge in [0.1, 0.15) is 0 Å². The van der Waals surface area contributed by atoms with Crippen LogP contribution in [0.5, 0.6) is 0 Å². The second kappa shape index (κ2) is 5.90. The molecule has 2 unspecified atom stereocenters. The van der Waals surface area contributed by atoms with Gasteiger partial charge in [0, 0.05) is 12.2 Å². The van der Waals surface area contributed by atoms with Crippen molar-refractivity contribution in [3.63, 3.8) is 0 Å². The molecule has 1 fully saturated rings. The molecule has 0 bridgehead atoms. The van der Waals surface area contributed by atoms with E-state index in [4.69, 9.17) is 5.73 Å². The minimum atomic E-state index is -3.32. The lowest BCUT2D eigenvalue weighted by atomic mass is 10.1. The van der Waals surface area contributed by atoms with Gasteiger partial charge in [-0.15, -0.1) is 0 Å². The molecule has 0 radical (unpaired) electrons. The summed E-state index contributed by atoms with van der Waals surface area (Å²) in [7, 11) is -3.32. The summed E-state index contributed by atoms with van der Waals surface area (Å²) in [5.74, 6) is 0.207. The molecule has 1 aliphatic rings. The minimum absolute atomic E-state index is 0.0391. The second-order valence-corrected chi connectivity index (χ2v) is 6.99. The maximum absolute atomic E-state index is 11.9. The van der Waals surface area contributed by atoms with Crippen LogP contribution >= 0.6 is 0 Å². The van der Waals surface area contributed by atoms with Gasteiger partial charge in [-0.1, -0.05) is 12.1 Å². The van der Waals surface area contributed by atoms with E-state index in [0.29, 0.717) is 24.2 Å². The Morgan fingerprint density at radius 3 is 2.53 bits per heavy atom. The number of nitrogens with two attached hydrogens (primary N) is 1. The average Bonchev–Trinajstić information content (AvgIpc) is 2.76. The molecule has 0 aromatic heterocycles. The van der Waals surface area contributed by atoms with Crippen molar-refractivity contribution in [1.82, 2.24) is 4.72 Å². The number of anilines is 1. The molecule has 2 atom stereocenters. The van der Waals surface area contributed by atoms with E-state index in [2.05, 4.69) is 4.72 Å². The van der Waals surface area contributed by atoms with Gasteiger partial charge >= 0.3 is 0 Å². The Balaban J connectivity index is 1.86. The van der Waals surface area contributed by atoms with E-state index in [0.717, 1.165) is 12.8 Å². The third-order valence-electron chi connectivity index (χ3n) is 3.44. The van der Waals surface area contributed by atoms with Gasteiger partial charge < -0.3 is 10.8 Å². The molecule has 1 aromatic carbocycles. The van der Waals surface area contributed by atoms with Crippen LogP contribution in [0.15, 0.2) is 24.3 Å². The molecule has 5 nitrogen and oxygen atoms in total. The molecule has 106 valence electrons. The van der Waals surface area contributed by atoms with Gasteiger partial charge in [0.2, 0.25) is 10.0 Å². The summed E-state index contributed by atoms with van der Waals surface area (Å²) >= 11 is 0. The summed E-state index contributed by atoms with van der Waals surface area (Å²) in [6, 6.07) is 6.82. The van der Waals surface area contributed by atoms with E-state index in [1.807, 2.05) is 0 Å². The molecule has 1 saturated carbocycles. The van der Waals surface area contributed by atoms with Crippen LogP contribution in [0.4, 0.5) is 5.69 Å². The van der Waals surface area contributed by atoms with Gasteiger partial charge in [-0.2, -0.15) is 0 Å². The van der Waals surface area contributed by atoms with Crippen LogP contribution in [0.1, 0.15) is 24.8 Å². The molecule has 4 N–H and O–H groups in total. The van der Waals surface area contributed by atoms with Crippen molar-refractivity contribution in [3.8, 4) is 0 Å². The molecule has 0 saturated heterocycles. The quantitative estimate of drug-likeness (QED) is 0.699. The van der Waals surface area contributed by atoms with E-state index >= 15 is 0 Å². The van der Waals surface area contributed by atoms with Gasteiger partial charge in [-0.3, -0.25) is 0 Å². The monoisotopic (exact) mass is 284 g/mol. The van der Waals surface area contributed by atoms with Crippen LogP contribution in [0.3, 0.4) is 0 Å². The van der Waals surface area contributed by atoms with Crippen molar-refractivity contribution < 1.29 is 13.5 Å². The topological polar surface area (TPSA) is 92.4 Å². The SMILES string of the molecule is Nc1ccc(CS(=O)(=O)NCC2CCC(O)C2)cc1. The third kappa shape index (κ3) is 4.49. The van der Waals surface area contributed by atoms with E-state index in [1.165, 1.54) is 0 Å². The fourth-order valence-corrected chi connectivity index (χ4v) is 3.59. The minimum Gasteiger partial charge on any atom is -0.399 e. The first-order chi connectivity index (χ1) is 8.94. The van der Waals surface area contributed by atoms with Crippen molar-refractivity contribution in [2.24, 2.45) is 5.92 Å². The molecule has 0 spiro atoms. The number of benzene rings is 1. The van der Waals surface area contributed by atoms with Crippen LogP contribution in [-0.4, -0.2) is 26.2 Å². The number of aliphatic hydroxyl groups is 1. The summed E-state index contributed by atoms with van der Waals surface area (Å²) in [4.78, 5) is 0. The molecule has 0 aliphatic heterocycles. The number of sulfonamides is 1. The van der Waals surface area contributed by atoms with Gasteiger partial charge in [-0.25, -0.2) is 13.1 Å². The van der Waals surface area contributed by atoms with E-state index < -0.39 is 10.0 Å². The van der Waals surface area contributed by atoms with Gasteiger partial charge in [0.05, 0.1) is 11.9 Å². The van der Waals surface area contributed by atoms with Crippen LogP contribution in [-0.2, 0) is 15.8 Å². The maximum Gasteiger partial charge on any atom is 0.215 e. The molecule has 6 heteroatoms. The molecular weight excluding hydrogens is 264 g/mol. The number of hydrogen-bond acceptors (Lipinski definition) is 4. The van der Waals surface area contributed by atoms with Crippen LogP contribution in [0, 0.1) is 5.92 Å². The van der Waals surface area contributed by atoms with Crippen LogP contribution < -0.4 is 10.5 Å². The van der Waals surface area contributed by atoms with E-state index in [9.17, 15) is 13.5 Å². The number of nitrogen functional groups attached to an aromatic ring is 1. The number of nitrogens with one attached hydrogen (secondary N) is 1. The Morgan fingerprint density at radius 2 is 1.95 bits per heavy atom. The predicted octanol–water partition coefficient (Wildman–Crippen LogP) is 0.849. The zero-order valence-electron chi connectivity index (χ0n) is 10.7. The maximum atomic E-state index is 11.9. The van der Waals surface area contributed by atoms with Crippen molar-refractivity contribution >= 4 is 15.7 Å². The Labute approximate surface area is 113 Å². The Bertz CT molecular complexity index is 513. The summed E-state index contributed by atoms with van der Waals surface area (Å²) in [5, 5.41) is 9.40. The average molecular weight is 284 g/mol. The lowest BCUT2D eigenvalue weighted by Gasteiger charge is -2.11. The highest BCUT2D eigenvalue weighted by molar-refractivity contribution is 7.88. The number of rotatable bonds is 5. The van der Waals surface area contributed by atoms with Crippen molar-refractivity contribution in [1.29, 1.82) is 0 Å². The first-order valence-electron chi connectivity index (χ1n) is 6.44. The number of hydrogen-bond donors (Lipinski definition) is 3. The highest BCUT2D eigenvalue weighted by atomic mass is 32.2. The normalized spacial score (nSPS) is 23.6. The zero-order valence-corrected chi connectivity index (χ0v) is 11.6. The standard InChI is InChI=1S/C13H20N2O3S/c14-12-4-1-10(2-5-12)9-19(17,18)15-8-11-3-6-13(16)7-11/h1-2,4-5,11,13,15-16H,3,6-9,14H2. The molecular formula is C13H20N2O3S. The Kier molecular flexibility index (Phi) is 4.44. The van der Waals surface area contributed by atoms with Gasteiger partial charge in [0.25, 0.3) is 0 Å². The lowest BCUT2D eigenvalue weighted by molar-refractivity contribution is 0.178. The largest absolute Gasteiger partial charge is 0.399 e. The van der Waals surface area contributed by atoms with Crippen molar-refractivity contribution in [3.05, 3.63) is 29.8 Å². The first-order valence-corrected chi connectivity index (χ1v) is 8.09. The van der Waals surface area contributed by atoms with Gasteiger partial charge in [-0.05, 0) is 42.9 Å². The molecule has 0 amide bonds. The lowest BCUT2D eigenvalue weighted by Crippen LogP contribution is -2.29. The molecule has 1 aromatic rings. The van der Waals surface area contributed by atoms with Crippen LogP contribution in [0.25, 0.3) is 0 Å². The summed E-state index contributed by atoms with van der Waals surface area (Å²) in [6.45, 7) is 0.411. The summed E-state index contributed by atoms with van der Waals surface area (Å²) in [5.41, 5.74) is 6.89. The fourth-order valence-electron chi connectivity index (χ4n) is 2.36. The van der Waals surface area contributed by atoms with Crippen LogP contribution in [0.2, 0.25) is 0 Å². The molecule has 19 heavy (non-hydrogen) atoms. The Hall–Kier alpha value is -1.11. The predicted molar refractivity (Wildman–Crippen MR) is 74.8 cm³/mol. The summed E-state index contributed by atoms with van der Waals surface area (Å²) in [6.07, 6.45) is 2.06. The smallest absolute Gasteiger partial charge is 0.215 e. The fraction of sp³-hybridized carbons (Fsp3) is 0.538. The highest BCUT2D eigenvalue weighted by Crippen LogP contribution is 2.24. The van der Waals surface area contributed by atoms with E-state index in [-0.39, 0.29) is 17.8 Å². The molecule has 2 rings (SSSR count). The second-order valence-electron chi connectivity index (χ2n) is 5.18. The molecule has 0 heterocycles. The highest BCUT2D eigenvalue weighted by Gasteiger charge is 2.24. The third-order valence-corrected chi connectivity index (χ3v) is 4.76.